The van der Waals surface area contributed by atoms with E-state index < -0.39 is 0 Å². The number of nitrogens with zero attached hydrogens (tertiary/aromatic N) is 2. The van der Waals surface area contributed by atoms with Crippen molar-refractivity contribution in [2.75, 3.05) is 0 Å². The van der Waals surface area contributed by atoms with E-state index in [4.69, 9.17) is 23.2 Å². The Balaban J connectivity index is 2.31. The van der Waals surface area contributed by atoms with E-state index in [0.29, 0.717) is 15.4 Å². The molecule has 4 nitrogen and oxygen atoms in total. The predicted octanol–water partition coefficient (Wildman–Crippen LogP) is 3.33. The van der Waals surface area contributed by atoms with Crippen molar-refractivity contribution in [3.05, 3.63) is 56.6 Å². The third-order valence-electron chi connectivity index (χ3n) is 2.86. The average molecular weight is 294 g/mol. The summed E-state index contributed by atoms with van der Waals surface area (Å²) in [6.07, 6.45) is 1.54. The Morgan fingerprint density at radius 2 is 2.00 bits per heavy atom. The quantitative estimate of drug-likeness (QED) is 0.748. The van der Waals surface area contributed by atoms with Crippen LogP contribution in [0.3, 0.4) is 0 Å². The van der Waals surface area contributed by atoms with Gasteiger partial charge in [0.05, 0.1) is 32.8 Å². The fraction of sp³-hybridized carbons (Fsp3) is 0.0769. The number of aromatic nitrogens is 3. The van der Waals surface area contributed by atoms with E-state index in [1.807, 2.05) is 13.0 Å². The van der Waals surface area contributed by atoms with E-state index in [9.17, 15) is 4.79 Å². The summed E-state index contributed by atoms with van der Waals surface area (Å²) >= 11 is 11.9. The number of pyridine rings is 1. The maximum absolute atomic E-state index is 11.8. The number of halogens is 2. The van der Waals surface area contributed by atoms with Gasteiger partial charge in [0.2, 0.25) is 0 Å². The highest BCUT2D eigenvalue weighted by molar-refractivity contribution is 6.42. The van der Waals surface area contributed by atoms with Crippen LogP contribution in [-0.4, -0.2) is 14.8 Å². The van der Waals surface area contributed by atoms with Crippen LogP contribution in [0, 0.1) is 6.92 Å². The molecular formula is C13H9Cl2N3O. The average Bonchev–Trinajstić information content (AvgIpc) is 2.76. The number of aromatic amines is 1. The van der Waals surface area contributed by atoms with E-state index >= 15 is 0 Å². The minimum Gasteiger partial charge on any atom is -0.326 e. The lowest BCUT2D eigenvalue weighted by molar-refractivity contribution is 0.909. The third kappa shape index (κ3) is 2.03. The molecule has 0 unspecified atom stereocenters. The standard InChI is InChI=1S/C13H9Cl2N3O/c1-7-4-12-9(13(19)17-7)6-16-18(12)8-2-3-10(14)11(15)5-8/h2-6H,1H3,(H,17,19). The van der Waals surface area contributed by atoms with Crippen molar-refractivity contribution in [2.24, 2.45) is 0 Å². The van der Waals surface area contributed by atoms with Crippen molar-refractivity contribution in [3.63, 3.8) is 0 Å². The van der Waals surface area contributed by atoms with E-state index in [1.165, 1.54) is 6.20 Å². The first-order valence-corrected chi connectivity index (χ1v) is 6.35. The first kappa shape index (κ1) is 12.3. The Labute approximate surface area is 118 Å². The monoisotopic (exact) mass is 293 g/mol. The van der Waals surface area contributed by atoms with Crippen molar-refractivity contribution in [1.29, 1.82) is 0 Å². The summed E-state index contributed by atoms with van der Waals surface area (Å²) in [6.45, 7) is 1.83. The van der Waals surface area contributed by atoms with Crippen LogP contribution >= 0.6 is 23.2 Å². The summed E-state index contributed by atoms with van der Waals surface area (Å²) < 4.78 is 1.67. The van der Waals surface area contributed by atoms with Gasteiger partial charge in [-0.15, -0.1) is 0 Å². The van der Waals surface area contributed by atoms with E-state index in [-0.39, 0.29) is 5.56 Å². The number of H-pyrrole nitrogens is 1. The number of aryl methyl sites for hydroxylation is 1. The van der Waals surface area contributed by atoms with Gasteiger partial charge < -0.3 is 4.98 Å². The number of hydrogen-bond acceptors (Lipinski definition) is 2. The molecule has 0 bridgehead atoms. The van der Waals surface area contributed by atoms with Crippen molar-refractivity contribution < 1.29 is 0 Å². The van der Waals surface area contributed by atoms with Crippen LogP contribution in [0.25, 0.3) is 16.6 Å². The van der Waals surface area contributed by atoms with Crippen LogP contribution in [-0.2, 0) is 0 Å². The predicted molar refractivity (Wildman–Crippen MR) is 76.4 cm³/mol. The molecule has 2 aromatic heterocycles. The van der Waals surface area contributed by atoms with Gasteiger partial charge in [-0.1, -0.05) is 23.2 Å². The van der Waals surface area contributed by atoms with Gasteiger partial charge in [0.25, 0.3) is 5.56 Å². The lowest BCUT2D eigenvalue weighted by Crippen LogP contribution is -2.07. The number of nitrogens with one attached hydrogen (secondary N) is 1. The number of hydrogen-bond donors (Lipinski definition) is 1. The minimum absolute atomic E-state index is 0.152. The van der Waals surface area contributed by atoms with Crippen molar-refractivity contribution >= 4 is 34.1 Å². The molecule has 0 saturated heterocycles. The summed E-state index contributed by atoms with van der Waals surface area (Å²) in [5.74, 6) is 0. The van der Waals surface area contributed by atoms with Crippen LogP contribution in [0.15, 0.2) is 35.3 Å². The van der Waals surface area contributed by atoms with E-state index in [0.717, 1.165) is 16.9 Å². The van der Waals surface area contributed by atoms with Gasteiger partial charge in [0, 0.05) is 5.69 Å². The summed E-state index contributed by atoms with van der Waals surface area (Å²) in [7, 11) is 0. The molecule has 0 amide bonds. The highest BCUT2D eigenvalue weighted by Gasteiger charge is 2.09. The molecule has 19 heavy (non-hydrogen) atoms. The fourth-order valence-corrected chi connectivity index (χ4v) is 2.27. The molecule has 6 heteroatoms. The second kappa shape index (κ2) is 4.40. The summed E-state index contributed by atoms with van der Waals surface area (Å²) in [4.78, 5) is 14.6. The van der Waals surface area contributed by atoms with Gasteiger partial charge in [0.15, 0.2) is 0 Å². The largest absolute Gasteiger partial charge is 0.326 e. The van der Waals surface area contributed by atoms with Gasteiger partial charge in [-0.3, -0.25) is 4.79 Å². The summed E-state index contributed by atoms with van der Waals surface area (Å²) in [5.41, 5.74) is 2.12. The van der Waals surface area contributed by atoms with Crippen LogP contribution in [0.4, 0.5) is 0 Å². The van der Waals surface area contributed by atoms with E-state index in [1.54, 1.807) is 22.9 Å². The third-order valence-corrected chi connectivity index (χ3v) is 3.60. The molecule has 3 rings (SSSR count). The first-order valence-electron chi connectivity index (χ1n) is 5.59. The highest BCUT2D eigenvalue weighted by atomic mass is 35.5. The van der Waals surface area contributed by atoms with E-state index in [2.05, 4.69) is 10.1 Å². The Bertz CT molecular complexity index is 836. The van der Waals surface area contributed by atoms with Gasteiger partial charge in [0.1, 0.15) is 0 Å². The molecule has 0 fully saturated rings. The molecule has 0 spiro atoms. The Morgan fingerprint density at radius 3 is 2.74 bits per heavy atom. The van der Waals surface area contributed by atoms with Crippen LogP contribution in [0.2, 0.25) is 10.0 Å². The summed E-state index contributed by atoms with van der Waals surface area (Å²) in [5, 5.41) is 5.70. The zero-order valence-corrected chi connectivity index (χ0v) is 11.5. The minimum atomic E-state index is -0.152. The number of benzene rings is 1. The topological polar surface area (TPSA) is 50.7 Å². The van der Waals surface area contributed by atoms with Crippen LogP contribution in [0.1, 0.15) is 5.69 Å². The molecule has 0 saturated carbocycles. The van der Waals surface area contributed by atoms with Gasteiger partial charge in [-0.05, 0) is 31.2 Å². The molecule has 0 atom stereocenters. The Kier molecular flexibility index (Phi) is 2.84. The van der Waals surface area contributed by atoms with Gasteiger partial charge in [-0.25, -0.2) is 4.68 Å². The van der Waals surface area contributed by atoms with Crippen molar-refractivity contribution in [1.82, 2.24) is 14.8 Å². The molecule has 0 aliphatic carbocycles. The lowest BCUT2D eigenvalue weighted by atomic mass is 10.2. The van der Waals surface area contributed by atoms with Crippen molar-refractivity contribution in [3.8, 4) is 5.69 Å². The molecule has 96 valence electrons. The molecular weight excluding hydrogens is 285 g/mol. The maximum Gasteiger partial charge on any atom is 0.259 e. The Hall–Kier alpha value is -1.78. The van der Waals surface area contributed by atoms with Crippen LogP contribution < -0.4 is 5.56 Å². The second-order valence-electron chi connectivity index (χ2n) is 4.24. The smallest absolute Gasteiger partial charge is 0.259 e. The second-order valence-corrected chi connectivity index (χ2v) is 5.05. The van der Waals surface area contributed by atoms with Gasteiger partial charge in [-0.2, -0.15) is 5.10 Å². The molecule has 1 N–H and O–H groups in total. The number of rotatable bonds is 1. The molecule has 0 radical (unpaired) electrons. The lowest BCUT2D eigenvalue weighted by Gasteiger charge is -2.05. The fourth-order valence-electron chi connectivity index (χ4n) is 1.98. The number of fused-ring (bicyclic) bond motifs is 1. The molecule has 0 aliphatic heterocycles. The van der Waals surface area contributed by atoms with Crippen molar-refractivity contribution in [2.45, 2.75) is 6.92 Å². The first-order chi connectivity index (χ1) is 9.06. The van der Waals surface area contributed by atoms with Crippen LogP contribution in [0.5, 0.6) is 0 Å². The SMILES string of the molecule is Cc1cc2c(cnn2-c2ccc(Cl)c(Cl)c2)c(=O)[nH]1. The van der Waals surface area contributed by atoms with Gasteiger partial charge >= 0.3 is 0 Å². The normalized spacial score (nSPS) is 11.1. The molecule has 3 aromatic rings. The zero-order chi connectivity index (χ0) is 13.6. The zero-order valence-electron chi connectivity index (χ0n) is 9.95. The summed E-state index contributed by atoms with van der Waals surface area (Å²) in [6, 6.07) is 7.09. The molecule has 2 heterocycles. The molecule has 1 aromatic carbocycles. The maximum atomic E-state index is 11.8. The molecule has 0 aliphatic rings. The highest BCUT2D eigenvalue weighted by Crippen LogP contribution is 2.25. The Morgan fingerprint density at radius 1 is 1.21 bits per heavy atom.